The Balaban J connectivity index is 2.28. The first-order chi connectivity index (χ1) is 11.8. The lowest BCUT2D eigenvalue weighted by Crippen LogP contribution is -2.27. The highest BCUT2D eigenvalue weighted by atomic mass is 79.9. The van der Waals surface area contributed by atoms with Crippen LogP contribution in [0.4, 0.5) is 4.39 Å². The van der Waals surface area contributed by atoms with Gasteiger partial charge in [-0.15, -0.1) is 0 Å². The van der Waals surface area contributed by atoms with Crippen molar-refractivity contribution in [2.75, 3.05) is 6.61 Å². The van der Waals surface area contributed by atoms with Gasteiger partial charge >= 0.3 is 5.97 Å². The highest BCUT2D eigenvalue weighted by molar-refractivity contribution is 9.10. The summed E-state index contributed by atoms with van der Waals surface area (Å²) in [5.74, 6) is -1.03. The number of hydrogen-bond donors (Lipinski definition) is 1. The lowest BCUT2D eigenvalue weighted by Gasteiger charge is -2.16. The molecule has 1 atom stereocenters. The Morgan fingerprint density at radius 3 is 2.56 bits per heavy atom. The van der Waals surface area contributed by atoms with E-state index in [1.807, 2.05) is 0 Å². The molecular weight excluding hydrogens is 413 g/mol. The predicted molar refractivity (Wildman–Crippen MR) is 95.2 cm³/mol. The van der Waals surface area contributed by atoms with Gasteiger partial charge in [-0.2, -0.15) is 0 Å². The first-order valence-electron chi connectivity index (χ1n) is 7.49. The smallest absolute Gasteiger partial charge is 0.338 e. The molecule has 0 radical (unpaired) electrons. The van der Waals surface area contributed by atoms with Gasteiger partial charge in [0.1, 0.15) is 5.82 Å². The number of ether oxygens (including phenoxy) is 1. The van der Waals surface area contributed by atoms with Gasteiger partial charge in [0.15, 0.2) is 0 Å². The monoisotopic (exact) mass is 429 g/mol. The second-order valence-corrected chi connectivity index (χ2v) is 7.77. The SMILES string of the molecule is CCOC(=O)c1ccc(S(=O)(=O)N[C@@H](C)c2ccccc2F)c(Br)c1. The van der Waals surface area contributed by atoms with Crippen LogP contribution in [-0.2, 0) is 14.8 Å². The van der Waals surface area contributed by atoms with Gasteiger partial charge < -0.3 is 4.74 Å². The average molecular weight is 430 g/mol. The third-order valence-corrected chi connectivity index (χ3v) is 5.95. The summed E-state index contributed by atoms with van der Waals surface area (Å²) in [5, 5.41) is 0. The summed E-state index contributed by atoms with van der Waals surface area (Å²) < 4.78 is 46.5. The fourth-order valence-corrected chi connectivity index (χ4v) is 4.55. The van der Waals surface area contributed by atoms with Crippen LogP contribution in [0.1, 0.15) is 35.8 Å². The number of benzene rings is 2. The molecule has 0 aliphatic carbocycles. The zero-order chi connectivity index (χ0) is 18.6. The summed E-state index contributed by atoms with van der Waals surface area (Å²) in [6.07, 6.45) is 0. The fraction of sp³-hybridized carbons (Fsp3) is 0.235. The third kappa shape index (κ3) is 4.65. The molecule has 1 N–H and O–H groups in total. The fourth-order valence-electron chi connectivity index (χ4n) is 2.25. The maximum Gasteiger partial charge on any atom is 0.338 e. The van der Waals surface area contributed by atoms with E-state index in [2.05, 4.69) is 20.7 Å². The second kappa shape index (κ2) is 8.07. The maximum atomic E-state index is 13.8. The summed E-state index contributed by atoms with van der Waals surface area (Å²) in [4.78, 5) is 11.7. The van der Waals surface area contributed by atoms with E-state index in [9.17, 15) is 17.6 Å². The molecular formula is C17H17BrFNO4S. The molecule has 0 aliphatic rings. The van der Waals surface area contributed by atoms with Crippen LogP contribution in [0.25, 0.3) is 0 Å². The van der Waals surface area contributed by atoms with Crippen molar-refractivity contribution in [2.45, 2.75) is 24.8 Å². The summed E-state index contributed by atoms with van der Waals surface area (Å²) >= 11 is 3.16. The first kappa shape index (κ1) is 19.6. The number of carbonyl (C=O) groups excluding carboxylic acids is 1. The average Bonchev–Trinajstić information content (AvgIpc) is 2.54. The molecule has 0 spiro atoms. The lowest BCUT2D eigenvalue weighted by molar-refractivity contribution is 0.0526. The molecule has 2 rings (SSSR count). The zero-order valence-corrected chi connectivity index (χ0v) is 16.0. The Morgan fingerprint density at radius 1 is 1.28 bits per heavy atom. The summed E-state index contributed by atoms with van der Waals surface area (Å²) in [5.41, 5.74) is 0.472. The van der Waals surface area contributed by atoms with Crippen molar-refractivity contribution >= 4 is 31.9 Å². The van der Waals surface area contributed by atoms with Crippen molar-refractivity contribution in [3.8, 4) is 0 Å². The molecule has 2 aromatic rings. The Kier molecular flexibility index (Phi) is 6.31. The number of halogens is 2. The highest BCUT2D eigenvalue weighted by Gasteiger charge is 2.23. The van der Waals surface area contributed by atoms with Gasteiger partial charge in [-0.1, -0.05) is 18.2 Å². The largest absolute Gasteiger partial charge is 0.462 e. The molecule has 25 heavy (non-hydrogen) atoms. The van der Waals surface area contributed by atoms with Crippen LogP contribution >= 0.6 is 15.9 Å². The van der Waals surface area contributed by atoms with Crippen molar-refractivity contribution in [1.82, 2.24) is 4.72 Å². The summed E-state index contributed by atoms with van der Waals surface area (Å²) in [6, 6.07) is 9.23. The van der Waals surface area contributed by atoms with Crippen LogP contribution in [0.15, 0.2) is 51.8 Å². The van der Waals surface area contributed by atoms with Gasteiger partial charge in [0.05, 0.1) is 17.1 Å². The quantitative estimate of drug-likeness (QED) is 0.708. The van der Waals surface area contributed by atoms with Crippen molar-refractivity contribution in [2.24, 2.45) is 0 Å². The predicted octanol–water partition coefficient (Wildman–Crippen LogP) is 3.80. The van der Waals surface area contributed by atoms with E-state index in [-0.39, 0.29) is 27.1 Å². The van der Waals surface area contributed by atoms with Crippen molar-refractivity contribution in [3.63, 3.8) is 0 Å². The van der Waals surface area contributed by atoms with E-state index >= 15 is 0 Å². The highest BCUT2D eigenvalue weighted by Crippen LogP contribution is 2.26. The van der Waals surface area contributed by atoms with Crippen LogP contribution < -0.4 is 4.72 Å². The normalized spacial score (nSPS) is 12.6. The number of nitrogens with one attached hydrogen (secondary N) is 1. The lowest BCUT2D eigenvalue weighted by atomic mass is 10.1. The Morgan fingerprint density at radius 2 is 1.96 bits per heavy atom. The van der Waals surface area contributed by atoms with Gasteiger partial charge in [0.25, 0.3) is 0 Å². The van der Waals surface area contributed by atoms with E-state index in [1.165, 1.54) is 36.4 Å². The third-order valence-electron chi connectivity index (χ3n) is 3.44. The van der Waals surface area contributed by atoms with Crippen LogP contribution in [0.2, 0.25) is 0 Å². The topological polar surface area (TPSA) is 72.5 Å². The molecule has 0 amide bonds. The number of hydrogen-bond acceptors (Lipinski definition) is 4. The van der Waals surface area contributed by atoms with E-state index in [0.717, 1.165) is 0 Å². The molecule has 134 valence electrons. The molecule has 0 aliphatic heterocycles. The molecule has 0 bridgehead atoms. The molecule has 0 saturated heterocycles. The van der Waals surface area contributed by atoms with Crippen molar-refractivity contribution < 1.29 is 22.3 Å². The molecule has 5 nitrogen and oxygen atoms in total. The molecule has 8 heteroatoms. The summed E-state index contributed by atoms with van der Waals surface area (Å²) in [7, 11) is -3.93. The minimum Gasteiger partial charge on any atom is -0.462 e. The molecule has 2 aromatic carbocycles. The van der Waals surface area contributed by atoms with Gasteiger partial charge in [-0.3, -0.25) is 0 Å². The number of sulfonamides is 1. The number of rotatable bonds is 6. The Hall–Kier alpha value is -1.77. The zero-order valence-electron chi connectivity index (χ0n) is 13.6. The molecule has 0 unspecified atom stereocenters. The van der Waals surface area contributed by atoms with E-state index in [4.69, 9.17) is 4.74 Å². The van der Waals surface area contributed by atoms with Crippen LogP contribution in [0.3, 0.4) is 0 Å². The van der Waals surface area contributed by atoms with Crippen LogP contribution in [-0.4, -0.2) is 21.0 Å². The summed E-state index contributed by atoms with van der Waals surface area (Å²) in [6.45, 7) is 3.45. The van der Waals surface area contributed by atoms with E-state index in [0.29, 0.717) is 0 Å². The van der Waals surface area contributed by atoms with Gasteiger partial charge in [0.2, 0.25) is 10.0 Å². The Bertz CT molecular complexity index is 886. The van der Waals surface area contributed by atoms with Crippen molar-refractivity contribution in [1.29, 1.82) is 0 Å². The van der Waals surface area contributed by atoms with E-state index < -0.39 is 27.9 Å². The van der Waals surface area contributed by atoms with Crippen LogP contribution in [0.5, 0.6) is 0 Å². The van der Waals surface area contributed by atoms with Crippen LogP contribution in [0, 0.1) is 5.82 Å². The van der Waals surface area contributed by atoms with E-state index in [1.54, 1.807) is 19.9 Å². The molecule has 0 saturated carbocycles. The number of esters is 1. The minimum atomic E-state index is -3.93. The maximum absolute atomic E-state index is 13.8. The molecule has 0 aromatic heterocycles. The van der Waals surface area contributed by atoms with Gasteiger partial charge in [-0.25, -0.2) is 22.3 Å². The van der Waals surface area contributed by atoms with Gasteiger partial charge in [0, 0.05) is 16.1 Å². The van der Waals surface area contributed by atoms with Crippen molar-refractivity contribution in [3.05, 3.63) is 63.9 Å². The molecule has 0 heterocycles. The Labute approximate surface area is 154 Å². The molecule has 0 fully saturated rings. The number of carbonyl (C=O) groups is 1. The minimum absolute atomic E-state index is 0.0521. The standard InChI is InChI=1S/C17H17BrFNO4S/c1-3-24-17(21)12-8-9-16(14(18)10-12)25(22,23)20-11(2)13-6-4-5-7-15(13)19/h4-11,20H,3H2,1-2H3/t11-/m0/s1. The van der Waals surface area contributed by atoms with Gasteiger partial charge in [-0.05, 0) is 54.0 Å². The first-order valence-corrected chi connectivity index (χ1v) is 9.77. The second-order valence-electron chi connectivity index (χ2n) is 5.23.